The van der Waals surface area contributed by atoms with E-state index >= 15 is 0 Å². The molecule has 1 saturated heterocycles. The molecule has 1 aromatic heterocycles. The van der Waals surface area contributed by atoms with Crippen LogP contribution in [0.3, 0.4) is 0 Å². The number of halogens is 1. The van der Waals surface area contributed by atoms with E-state index in [0.29, 0.717) is 36.0 Å². The van der Waals surface area contributed by atoms with E-state index in [2.05, 4.69) is 10.3 Å². The Labute approximate surface area is 157 Å². The van der Waals surface area contributed by atoms with Gasteiger partial charge in [-0.15, -0.1) is 0 Å². The topological polar surface area (TPSA) is 71.5 Å². The molecule has 1 fully saturated rings. The first kappa shape index (κ1) is 18.2. The van der Waals surface area contributed by atoms with E-state index in [0.717, 1.165) is 12.0 Å². The molecular weight excluding hydrogens is 354 g/mol. The number of hydrogen-bond donors (Lipinski definition) is 1. The minimum atomic E-state index is -0.464. The van der Waals surface area contributed by atoms with Crippen molar-refractivity contribution < 1.29 is 14.3 Å². The van der Waals surface area contributed by atoms with Crippen molar-refractivity contribution in [3.63, 3.8) is 0 Å². The van der Waals surface area contributed by atoms with Crippen molar-refractivity contribution >= 4 is 23.4 Å². The zero-order valence-electron chi connectivity index (χ0n) is 14.4. The molecule has 2 heterocycles. The number of methoxy groups -OCH3 is 1. The van der Waals surface area contributed by atoms with Crippen LogP contribution in [0.2, 0.25) is 5.02 Å². The van der Waals surface area contributed by atoms with E-state index in [1.54, 1.807) is 29.2 Å². The lowest BCUT2D eigenvalue weighted by Crippen LogP contribution is -2.45. The first-order chi connectivity index (χ1) is 12.6. The highest BCUT2D eigenvalue weighted by Crippen LogP contribution is 2.21. The van der Waals surface area contributed by atoms with Gasteiger partial charge in [0.2, 0.25) is 11.8 Å². The van der Waals surface area contributed by atoms with Crippen LogP contribution in [0.5, 0.6) is 5.88 Å². The van der Waals surface area contributed by atoms with E-state index < -0.39 is 6.04 Å². The van der Waals surface area contributed by atoms with Crippen LogP contribution in [0.25, 0.3) is 0 Å². The molecule has 6 nitrogen and oxygen atoms in total. The Bertz CT molecular complexity index is 795. The van der Waals surface area contributed by atoms with Gasteiger partial charge in [-0.2, -0.15) is 0 Å². The molecule has 3 rings (SSSR count). The average Bonchev–Trinajstić information content (AvgIpc) is 3.16. The molecule has 0 spiro atoms. The third-order valence-electron chi connectivity index (χ3n) is 4.39. The number of carbonyl (C=O) groups is 2. The van der Waals surface area contributed by atoms with Crippen molar-refractivity contribution in [2.45, 2.75) is 25.4 Å². The van der Waals surface area contributed by atoms with Crippen LogP contribution < -0.4 is 10.1 Å². The molecule has 0 radical (unpaired) electrons. The quantitative estimate of drug-likeness (QED) is 0.874. The van der Waals surface area contributed by atoms with Gasteiger partial charge in [0.25, 0.3) is 5.91 Å². The molecule has 2 amide bonds. The summed E-state index contributed by atoms with van der Waals surface area (Å²) in [6.07, 6.45) is 2.98. The molecule has 0 saturated carbocycles. The molecular formula is C19H20ClN3O3. The van der Waals surface area contributed by atoms with Gasteiger partial charge in [-0.1, -0.05) is 23.7 Å². The van der Waals surface area contributed by atoms with Crippen LogP contribution in [0, 0.1) is 0 Å². The number of likely N-dealkylation sites (tertiary alicyclic amines) is 1. The van der Waals surface area contributed by atoms with E-state index in [1.165, 1.54) is 13.3 Å². The number of ether oxygens (including phenoxy) is 1. The number of aromatic nitrogens is 1. The van der Waals surface area contributed by atoms with Crippen molar-refractivity contribution in [2.75, 3.05) is 13.7 Å². The molecule has 0 bridgehead atoms. The number of nitrogens with one attached hydrogen (secondary N) is 1. The number of carbonyl (C=O) groups excluding carboxylic acids is 2. The molecule has 2 aromatic rings. The highest BCUT2D eigenvalue weighted by molar-refractivity contribution is 6.30. The Hall–Kier alpha value is -2.60. The number of hydrogen-bond acceptors (Lipinski definition) is 4. The molecule has 1 aliphatic rings. The molecule has 1 aliphatic heterocycles. The highest BCUT2D eigenvalue weighted by Gasteiger charge is 2.34. The van der Waals surface area contributed by atoms with Gasteiger partial charge in [-0.25, -0.2) is 4.98 Å². The summed E-state index contributed by atoms with van der Waals surface area (Å²) in [7, 11) is 1.50. The SMILES string of the molecule is COc1cc(C(=O)N2CCC[C@H]2C(=O)NCc2ccc(Cl)cc2)ccn1. The van der Waals surface area contributed by atoms with Gasteiger partial charge < -0.3 is 15.0 Å². The molecule has 1 aromatic carbocycles. The summed E-state index contributed by atoms with van der Waals surface area (Å²) in [5, 5.41) is 3.56. The molecule has 26 heavy (non-hydrogen) atoms. The van der Waals surface area contributed by atoms with Gasteiger partial charge in [0.1, 0.15) is 6.04 Å². The monoisotopic (exact) mass is 373 g/mol. The zero-order valence-corrected chi connectivity index (χ0v) is 15.2. The normalized spacial score (nSPS) is 16.4. The van der Waals surface area contributed by atoms with Crippen molar-refractivity contribution in [2.24, 2.45) is 0 Å². The average molecular weight is 374 g/mol. The molecule has 0 aliphatic carbocycles. The summed E-state index contributed by atoms with van der Waals surface area (Å²) < 4.78 is 5.07. The second-order valence-electron chi connectivity index (χ2n) is 6.09. The highest BCUT2D eigenvalue weighted by atomic mass is 35.5. The Morgan fingerprint density at radius 2 is 2.08 bits per heavy atom. The Morgan fingerprint density at radius 1 is 1.31 bits per heavy atom. The molecule has 0 unspecified atom stereocenters. The second-order valence-corrected chi connectivity index (χ2v) is 6.52. The van der Waals surface area contributed by atoms with Crippen LogP contribution in [-0.2, 0) is 11.3 Å². The summed E-state index contributed by atoms with van der Waals surface area (Å²) in [4.78, 5) is 31.0. The van der Waals surface area contributed by atoms with Crippen LogP contribution in [0.15, 0.2) is 42.6 Å². The van der Waals surface area contributed by atoms with Gasteiger partial charge in [0.15, 0.2) is 0 Å². The largest absolute Gasteiger partial charge is 0.481 e. The zero-order chi connectivity index (χ0) is 18.5. The van der Waals surface area contributed by atoms with Crippen LogP contribution in [0.1, 0.15) is 28.8 Å². The predicted molar refractivity (Wildman–Crippen MR) is 98.1 cm³/mol. The van der Waals surface area contributed by atoms with E-state index in [4.69, 9.17) is 16.3 Å². The first-order valence-corrected chi connectivity index (χ1v) is 8.79. The number of benzene rings is 1. The minimum Gasteiger partial charge on any atom is -0.481 e. The maximum Gasteiger partial charge on any atom is 0.254 e. The van der Waals surface area contributed by atoms with E-state index in [9.17, 15) is 9.59 Å². The fourth-order valence-electron chi connectivity index (χ4n) is 3.01. The lowest BCUT2D eigenvalue weighted by atomic mass is 10.1. The standard InChI is InChI=1S/C19H20ClN3O3/c1-26-17-11-14(8-9-21-17)19(25)23-10-2-3-16(23)18(24)22-12-13-4-6-15(20)7-5-13/h4-9,11,16H,2-3,10,12H2,1H3,(H,22,24)/t16-/m0/s1. The summed E-state index contributed by atoms with van der Waals surface area (Å²) in [5.41, 5.74) is 1.42. The van der Waals surface area contributed by atoms with Crippen LogP contribution in [-0.4, -0.2) is 41.4 Å². The Balaban J connectivity index is 1.65. The van der Waals surface area contributed by atoms with Crippen molar-refractivity contribution in [3.05, 3.63) is 58.7 Å². The van der Waals surface area contributed by atoms with Gasteiger partial charge in [0, 0.05) is 35.9 Å². The summed E-state index contributed by atoms with van der Waals surface area (Å²) >= 11 is 5.87. The number of rotatable bonds is 5. The lowest BCUT2D eigenvalue weighted by molar-refractivity contribution is -0.125. The van der Waals surface area contributed by atoms with E-state index in [-0.39, 0.29) is 11.8 Å². The lowest BCUT2D eigenvalue weighted by Gasteiger charge is -2.24. The Kier molecular flexibility index (Phi) is 5.73. The third kappa shape index (κ3) is 4.14. The number of nitrogens with zero attached hydrogens (tertiary/aromatic N) is 2. The number of amides is 2. The Morgan fingerprint density at radius 3 is 2.81 bits per heavy atom. The summed E-state index contributed by atoms with van der Waals surface area (Å²) in [6, 6.07) is 10.0. The fraction of sp³-hybridized carbons (Fsp3) is 0.316. The minimum absolute atomic E-state index is 0.146. The molecule has 136 valence electrons. The molecule has 7 heteroatoms. The van der Waals surface area contributed by atoms with Crippen molar-refractivity contribution in [1.82, 2.24) is 15.2 Å². The number of pyridine rings is 1. The van der Waals surface area contributed by atoms with Crippen LogP contribution >= 0.6 is 11.6 Å². The van der Waals surface area contributed by atoms with Crippen LogP contribution in [0.4, 0.5) is 0 Å². The van der Waals surface area contributed by atoms with Gasteiger partial charge in [-0.05, 0) is 36.6 Å². The van der Waals surface area contributed by atoms with Gasteiger partial charge in [0.05, 0.1) is 7.11 Å². The van der Waals surface area contributed by atoms with Gasteiger partial charge in [-0.3, -0.25) is 9.59 Å². The second kappa shape index (κ2) is 8.19. The van der Waals surface area contributed by atoms with Gasteiger partial charge >= 0.3 is 0 Å². The summed E-state index contributed by atoms with van der Waals surface area (Å²) in [5.74, 6) is 0.0421. The maximum atomic E-state index is 12.8. The smallest absolute Gasteiger partial charge is 0.254 e. The van der Waals surface area contributed by atoms with Crippen molar-refractivity contribution in [1.29, 1.82) is 0 Å². The first-order valence-electron chi connectivity index (χ1n) is 8.41. The maximum absolute atomic E-state index is 12.8. The molecule has 1 atom stereocenters. The van der Waals surface area contributed by atoms with E-state index in [1.807, 2.05) is 12.1 Å². The summed E-state index contributed by atoms with van der Waals surface area (Å²) in [6.45, 7) is 0.958. The fourth-order valence-corrected chi connectivity index (χ4v) is 3.14. The predicted octanol–water partition coefficient (Wildman–Crippen LogP) is 2.66. The van der Waals surface area contributed by atoms with Crippen molar-refractivity contribution in [3.8, 4) is 5.88 Å². The molecule has 1 N–H and O–H groups in total. The third-order valence-corrected chi connectivity index (χ3v) is 4.64.